The first kappa shape index (κ1) is 11.2. The number of rotatable bonds is 2. The van der Waals surface area contributed by atoms with Gasteiger partial charge in [-0.1, -0.05) is 6.07 Å². The van der Waals surface area contributed by atoms with Crippen LogP contribution in [-0.2, 0) is 9.53 Å². The van der Waals surface area contributed by atoms with Gasteiger partial charge >= 0.3 is 11.7 Å². The minimum absolute atomic E-state index is 0.00449. The van der Waals surface area contributed by atoms with Crippen LogP contribution in [0.1, 0.15) is 0 Å². The number of methoxy groups -OCH3 is 1. The lowest BCUT2D eigenvalue weighted by Gasteiger charge is -2.25. The molecule has 0 aromatic heterocycles. The number of carbonyl (C=O) groups excluding carboxylic acids is 1. The van der Waals surface area contributed by atoms with Crippen LogP contribution in [0.5, 0.6) is 5.75 Å². The fourth-order valence-electron chi connectivity index (χ4n) is 1.60. The smallest absolute Gasteiger partial charge is 0.331 e. The number of anilines is 1. The van der Waals surface area contributed by atoms with Gasteiger partial charge in [0.05, 0.1) is 17.7 Å². The van der Waals surface area contributed by atoms with Crippen LogP contribution in [0.25, 0.3) is 0 Å². The molecule has 1 atom stereocenters. The lowest BCUT2D eigenvalue weighted by Crippen LogP contribution is -2.39. The number of hydrogen-bond acceptors (Lipinski definition) is 6. The SMILES string of the molecule is COC(=O)C1COc2c(cccc2[N+](=O)[O-])N1. The summed E-state index contributed by atoms with van der Waals surface area (Å²) in [6.45, 7) is 0.00449. The molecule has 17 heavy (non-hydrogen) atoms. The number of ether oxygens (including phenoxy) is 2. The quantitative estimate of drug-likeness (QED) is 0.468. The van der Waals surface area contributed by atoms with Gasteiger partial charge in [0.15, 0.2) is 6.04 Å². The number of carbonyl (C=O) groups is 1. The van der Waals surface area contributed by atoms with Gasteiger partial charge in [-0.05, 0) is 6.07 Å². The molecule has 0 saturated carbocycles. The van der Waals surface area contributed by atoms with E-state index in [1.807, 2.05) is 0 Å². The first-order chi connectivity index (χ1) is 8.13. The van der Waals surface area contributed by atoms with Crippen molar-refractivity contribution in [3.05, 3.63) is 28.3 Å². The van der Waals surface area contributed by atoms with Gasteiger partial charge in [0.25, 0.3) is 0 Å². The summed E-state index contributed by atoms with van der Waals surface area (Å²) >= 11 is 0. The van der Waals surface area contributed by atoms with Gasteiger partial charge in [-0.25, -0.2) is 4.79 Å². The molecule has 0 spiro atoms. The summed E-state index contributed by atoms with van der Waals surface area (Å²) in [5, 5.41) is 13.6. The third-order valence-corrected chi connectivity index (χ3v) is 2.40. The van der Waals surface area contributed by atoms with Crippen LogP contribution in [0.15, 0.2) is 18.2 Å². The molecular formula is C10H10N2O5. The van der Waals surface area contributed by atoms with Crippen molar-refractivity contribution >= 4 is 17.3 Å². The first-order valence-electron chi connectivity index (χ1n) is 4.88. The van der Waals surface area contributed by atoms with E-state index in [-0.39, 0.29) is 18.0 Å². The zero-order valence-electron chi connectivity index (χ0n) is 9.00. The van der Waals surface area contributed by atoms with Crippen LogP contribution in [0.3, 0.4) is 0 Å². The Morgan fingerprint density at radius 2 is 2.41 bits per heavy atom. The Hall–Kier alpha value is -2.31. The maximum Gasteiger partial charge on any atom is 0.331 e. The zero-order chi connectivity index (χ0) is 12.4. The number of nitrogens with one attached hydrogen (secondary N) is 1. The number of esters is 1. The zero-order valence-corrected chi connectivity index (χ0v) is 9.00. The van der Waals surface area contributed by atoms with Crippen molar-refractivity contribution in [2.24, 2.45) is 0 Å². The van der Waals surface area contributed by atoms with E-state index in [9.17, 15) is 14.9 Å². The van der Waals surface area contributed by atoms with Gasteiger partial charge in [0, 0.05) is 6.07 Å². The van der Waals surface area contributed by atoms with Crippen molar-refractivity contribution < 1.29 is 19.2 Å². The van der Waals surface area contributed by atoms with Crippen molar-refractivity contribution in [1.29, 1.82) is 0 Å². The molecule has 1 unspecified atom stereocenters. The standard InChI is InChI=1S/C10H10N2O5/c1-16-10(13)7-5-17-9-6(11-7)3-2-4-8(9)12(14)15/h2-4,7,11H,5H2,1H3. The fraction of sp³-hybridized carbons (Fsp3) is 0.300. The lowest BCUT2D eigenvalue weighted by molar-refractivity contribution is -0.385. The molecule has 1 aromatic rings. The lowest BCUT2D eigenvalue weighted by atomic mass is 10.2. The minimum Gasteiger partial charge on any atom is -0.483 e. The van der Waals surface area contributed by atoms with E-state index in [4.69, 9.17) is 4.74 Å². The van der Waals surface area contributed by atoms with E-state index in [0.29, 0.717) is 5.69 Å². The van der Waals surface area contributed by atoms with E-state index >= 15 is 0 Å². The second-order valence-electron chi connectivity index (χ2n) is 3.44. The second kappa shape index (κ2) is 4.28. The molecule has 0 amide bonds. The Morgan fingerprint density at radius 1 is 1.65 bits per heavy atom. The molecule has 0 radical (unpaired) electrons. The van der Waals surface area contributed by atoms with E-state index in [2.05, 4.69) is 10.1 Å². The molecule has 1 heterocycles. The van der Waals surface area contributed by atoms with Gasteiger partial charge in [-0.3, -0.25) is 10.1 Å². The molecule has 90 valence electrons. The largest absolute Gasteiger partial charge is 0.483 e. The summed E-state index contributed by atoms with van der Waals surface area (Å²) in [5.41, 5.74) is 0.291. The molecule has 1 aliphatic heterocycles. The highest BCUT2D eigenvalue weighted by atomic mass is 16.6. The van der Waals surface area contributed by atoms with Crippen molar-refractivity contribution in [1.82, 2.24) is 0 Å². The number of nitrogens with zero attached hydrogens (tertiary/aromatic N) is 1. The number of benzene rings is 1. The molecular weight excluding hydrogens is 228 g/mol. The van der Waals surface area contributed by atoms with E-state index < -0.39 is 16.9 Å². The molecule has 1 aliphatic rings. The number of fused-ring (bicyclic) bond motifs is 1. The Balaban J connectivity index is 2.31. The van der Waals surface area contributed by atoms with Crippen LogP contribution >= 0.6 is 0 Å². The first-order valence-corrected chi connectivity index (χ1v) is 4.88. The predicted molar refractivity (Wildman–Crippen MR) is 58.0 cm³/mol. The average Bonchev–Trinajstić information content (AvgIpc) is 2.36. The van der Waals surface area contributed by atoms with Crippen LogP contribution < -0.4 is 10.1 Å². The van der Waals surface area contributed by atoms with Crippen molar-refractivity contribution in [3.63, 3.8) is 0 Å². The maximum atomic E-state index is 11.3. The third-order valence-electron chi connectivity index (χ3n) is 2.40. The Bertz CT molecular complexity index is 474. The van der Waals surface area contributed by atoms with Gasteiger partial charge in [0.2, 0.25) is 5.75 Å². The fourth-order valence-corrected chi connectivity index (χ4v) is 1.60. The monoisotopic (exact) mass is 238 g/mol. The predicted octanol–water partition coefficient (Wildman–Crippen LogP) is 0.941. The van der Waals surface area contributed by atoms with Gasteiger partial charge in [0.1, 0.15) is 6.61 Å². The highest BCUT2D eigenvalue weighted by Crippen LogP contribution is 2.37. The molecule has 7 nitrogen and oxygen atoms in total. The van der Waals surface area contributed by atoms with Gasteiger partial charge in [-0.15, -0.1) is 0 Å². The average molecular weight is 238 g/mol. The Labute approximate surface area is 96.5 Å². The molecule has 0 bridgehead atoms. The van der Waals surface area contributed by atoms with Crippen LogP contribution in [0, 0.1) is 10.1 Å². The van der Waals surface area contributed by atoms with Crippen LogP contribution in [-0.4, -0.2) is 30.7 Å². The van der Waals surface area contributed by atoms with Crippen molar-refractivity contribution in [2.45, 2.75) is 6.04 Å². The van der Waals surface area contributed by atoms with E-state index in [1.54, 1.807) is 6.07 Å². The Kier molecular flexibility index (Phi) is 2.82. The molecule has 2 rings (SSSR count). The minimum atomic E-state index is -0.644. The number of para-hydroxylation sites is 1. The number of nitro groups is 1. The molecule has 0 aliphatic carbocycles. The highest BCUT2D eigenvalue weighted by molar-refractivity contribution is 5.82. The van der Waals surface area contributed by atoms with Crippen molar-refractivity contribution in [2.75, 3.05) is 19.0 Å². The Morgan fingerprint density at radius 3 is 3.06 bits per heavy atom. The van der Waals surface area contributed by atoms with Crippen molar-refractivity contribution in [3.8, 4) is 5.75 Å². The third kappa shape index (κ3) is 1.99. The summed E-state index contributed by atoms with van der Waals surface area (Å²) < 4.78 is 9.81. The molecule has 7 heteroatoms. The van der Waals surface area contributed by atoms with E-state index in [1.165, 1.54) is 19.2 Å². The number of nitro benzene ring substituents is 1. The maximum absolute atomic E-state index is 11.3. The van der Waals surface area contributed by atoms with Crippen LogP contribution in [0.2, 0.25) is 0 Å². The van der Waals surface area contributed by atoms with E-state index in [0.717, 1.165) is 0 Å². The normalized spacial score (nSPS) is 17.4. The van der Waals surface area contributed by atoms with Gasteiger partial charge < -0.3 is 14.8 Å². The summed E-state index contributed by atoms with van der Waals surface area (Å²) in [6, 6.07) is 3.83. The highest BCUT2D eigenvalue weighted by Gasteiger charge is 2.30. The van der Waals surface area contributed by atoms with Gasteiger partial charge in [-0.2, -0.15) is 0 Å². The summed E-state index contributed by atoms with van der Waals surface area (Å²) in [6.07, 6.45) is 0. The molecule has 1 N–H and O–H groups in total. The molecule has 1 aromatic carbocycles. The summed E-state index contributed by atoms with van der Waals surface area (Å²) in [4.78, 5) is 21.5. The number of hydrogen-bond donors (Lipinski definition) is 1. The molecule has 0 saturated heterocycles. The molecule has 0 fully saturated rings. The topological polar surface area (TPSA) is 90.7 Å². The summed E-state index contributed by atoms with van der Waals surface area (Å²) in [5.74, 6) is -0.320. The summed E-state index contributed by atoms with van der Waals surface area (Å²) in [7, 11) is 1.27. The van der Waals surface area contributed by atoms with Crippen LogP contribution in [0.4, 0.5) is 11.4 Å². The second-order valence-corrected chi connectivity index (χ2v) is 3.44.